The highest BCUT2D eigenvalue weighted by molar-refractivity contribution is 9.10. The molecular weight excluding hydrogens is 396 g/mol. The highest BCUT2D eigenvalue weighted by atomic mass is 79.9. The SMILES string of the molecule is CCCCCCOc1ccc(C(=O)Nc2cccc(C(N)=O)c2)cc1Br. The van der Waals surface area contributed by atoms with Crippen LogP contribution in [0.3, 0.4) is 0 Å². The molecule has 0 aliphatic heterocycles. The molecule has 6 heteroatoms. The smallest absolute Gasteiger partial charge is 0.255 e. The van der Waals surface area contributed by atoms with Crippen molar-refractivity contribution in [1.29, 1.82) is 0 Å². The minimum Gasteiger partial charge on any atom is -0.492 e. The minimum absolute atomic E-state index is 0.276. The Bertz CT molecular complexity index is 777. The van der Waals surface area contributed by atoms with Gasteiger partial charge in [0.1, 0.15) is 5.75 Å². The number of anilines is 1. The van der Waals surface area contributed by atoms with E-state index in [0.717, 1.165) is 17.3 Å². The summed E-state index contributed by atoms with van der Waals surface area (Å²) in [5.41, 5.74) is 6.60. The van der Waals surface area contributed by atoms with Crippen LogP contribution in [0.4, 0.5) is 5.69 Å². The third-order valence-corrected chi connectivity index (χ3v) is 4.47. The molecule has 0 saturated carbocycles. The molecule has 26 heavy (non-hydrogen) atoms. The third kappa shape index (κ3) is 5.88. The summed E-state index contributed by atoms with van der Waals surface area (Å²) in [6.07, 6.45) is 4.56. The van der Waals surface area contributed by atoms with Crippen LogP contribution in [-0.2, 0) is 0 Å². The van der Waals surface area contributed by atoms with Crippen molar-refractivity contribution in [3.63, 3.8) is 0 Å². The Morgan fingerprint density at radius 3 is 2.58 bits per heavy atom. The van der Waals surface area contributed by atoms with Gasteiger partial charge in [-0.1, -0.05) is 32.3 Å². The van der Waals surface area contributed by atoms with Crippen LogP contribution in [0.5, 0.6) is 5.75 Å². The quantitative estimate of drug-likeness (QED) is 0.575. The lowest BCUT2D eigenvalue weighted by Crippen LogP contribution is -2.14. The fourth-order valence-corrected chi connectivity index (χ4v) is 2.92. The van der Waals surface area contributed by atoms with E-state index in [2.05, 4.69) is 28.2 Å². The van der Waals surface area contributed by atoms with E-state index in [-0.39, 0.29) is 5.91 Å². The molecule has 0 atom stereocenters. The van der Waals surface area contributed by atoms with Gasteiger partial charge in [-0.05, 0) is 58.7 Å². The van der Waals surface area contributed by atoms with Crippen molar-refractivity contribution >= 4 is 33.4 Å². The molecule has 0 heterocycles. The molecule has 5 nitrogen and oxygen atoms in total. The minimum atomic E-state index is -0.538. The first-order valence-electron chi connectivity index (χ1n) is 8.65. The van der Waals surface area contributed by atoms with E-state index in [9.17, 15) is 9.59 Å². The number of amides is 2. The van der Waals surface area contributed by atoms with Gasteiger partial charge in [-0.15, -0.1) is 0 Å². The van der Waals surface area contributed by atoms with E-state index >= 15 is 0 Å². The molecule has 0 unspecified atom stereocenters. The van der Waals surface area contributed by atoms with Crippen molar-refractivity contribution in [2.45, 2.75) is 32.6 Å². The maximum atomic E-state index is 12.4. The highest BCUT2D eigenvalue weighted by Crippen LogP contribution is 2.27. The predicted molar refractivity (Wildman–Crippen MR) is 107 cm³/mol. The van der Waals surface area contributed by atoms with Crippen molar-refractivity contribution in [3.05, 3.63) is 58.1 Å². The Morgan fingerprint density at radius 2 is 1.88 bits per heavy atom. The predicted octanol–water partition coefficient (Wildman–Crippen LogP) is 4.76. The Balaban J connectivity index is 1.98. The van der Waals surface area contributed by atoms with Crippen molar-refractivity contribution < 1.29 is 14.3 Å². The van der Waals surface area contributed by atoms with Gasteiger partial charge in [-0.3, -0.25) is 9.59 Å². The number of hydrogen-bond acceptors (Lipinski definition) is 3. The summed E-state index contributed by atoms with van der Waals surface area (Å²) in [4.78, 5) is 23.6. The fourth-order valence-electron chi connectivity index (χ4n) is 2.42. The molecule has 0 aliphatic rings. The number of hydrogen-bond donors (Lipinski definition) is 2. The number of rotatable bonds is 9. The normalized spacial score (nSPS) is 10.4. The molecule has 0 spiro atoms. The van der Waals surface area contributed by atoms with Gasteiger partial charge in [-0.25, -0.2) is 0 Å². The zero-order valence-corrected chi connectivity index (χ0v) is 16.3. The van der Waals surface area contributed by atoms with Gasteiger partial charge in [0, 0.05) is 16.8 Å². The van der Waals surface area contributed by atoms with E-state index in [1.165, 1.54) is 12.8 Å². The van der Waals surface area contributed by atoms with E-state index in [0.29, 0.717) is 29.2 Å². The van der Waals surface area contributed by atoms with Crippen LogP contribution in [-0.4, -0.2) is 18.4 Å². The number of nitrogens with two attached hydrogens (primary N) is 1. The summed E-state index contributed by atoms with van der Waals surface area (Å²) in [5.74, 6) is -0.0973. The average Bonchev–Trinajstić information content (AvgIpc) is 2.62. The average molecular weight is 419 g/mol. The first-order chi connectivity index (χ1) is 12.5. The van der Waals surface area contributed by atoms with Crippen molar-refractivity contribution in [1.82, 2.24) is 0 Å². The lowest BCUT2D eigenvalue weighted by Gasteiger charge is -2.10. The van der Waals surface area contributed by atoms with Crippen LogP contribution in [0.15, 0.2) is 46.9 Å². The zero-order valence-electron chi connectivity index (χ0n) is 14.8. The van der Waals surface area contributed by atoms with Crippen LogP contribution < -0.4 is 15.8 Å². The lowest BCUT2D eigenvalue weighted by atomic mass is 10.1. The van der Waals surface area contributed by atoms with E-state index in [1.54, 1.807) is 42.5 Å². The summed E-state index contributed by atoms with van der Waals surface area (Å²) < 4.78 is 6.48. The number of nitrogens with one attached hydrogen (secondary N) is 1. The Kier molecular flexibility index (Phi) is 7.66. The summed E-state index contributed by atoms with van der Waals surface area (Å²) in [6.45, 7) is 2.83. The van der Waals surface area contributed by atoms with Gasteiger partial charge in [0.15, 0.2) is 0 Å². The van der Waals surface area contributed by atoms with Crippen LogP contribution in [0.2, 0.25) is 0 Å². The van der Waals surface area contributed by atoms with Crippen LogP contribution >= 0.6 is 15.9 Å². The topological polar surface area (TPSA) is 81.4 Å². The second-order valence-corrected chi connectivity index (χ2v) is 6.81. The first-order valence-corrected chi connectivity index (χ1v) is 9.44. The molecule has 0 radical (unpaired) electrons. The number of carbonyl (C=O) groups is 2. The summed E-state index contributed by atoms with van der Waals surface area (Å²) in [7, 11) is 0. The number of unbranched alkanes of at least 4 members (excludes halogenated alkanes) is 3. The molecule has 2 aromatic rings. The number of ether oxygens (including phenoxy) is 1. The number of halogens is 1. The van der Waals surface area contributed by atoms with Gasteiger partial charge < -0.3 is 15.8 Å². The fraction of sp³-hybridized carbons (Fsp3) is 0.300. The number of benzene rings is 2. The van der Waals surface area contributed by atoms with Crippen molar-refractivity contribution in [3.8, 4) is 5.75 Å². The molecule has 0 saturated heterocycles. The highest BCUT2D eigenvalue weighted by Gasteiger charge is 2.11. The number of primary amides is 1. The largest absolute Gasteiger partial charge is 0.492 e. The van der Waals surface area contributed by atoms with Crippen LogP contribution in [0.25, 0.3) is 0 Å². The molecule has 0 bridgehead atoms. The second-order valence-electron chi connectivity index (χ2n) is 5.95. The van der Waals surface area contributed by atoms with E-state index in [4.69, 9.17) is 10.5 Å². The Labute approximate surface area is 162 Å². The molecular formula is C20H23BrN2O3. The maximum Gasteiger partial charge on any atom is 0.255 e. The van der Waals surface area contributed by atoms with E-state index in [1.807, 2.05) is 0 Å². The maximum absolute atomic E-state index is 12.4. The zero-order chi connectivity index (χ0) is 18.9. The standard InChI is InChI=1S/C20H23BrN2O3/c1-2-3-4-5-11-26-18-10-9-15(13-17(18)21)20(25)23-16-8-6-7-14(12-16)19(22)24/h6-10,12-13H,2-5,11H2,1H3,(H2,22,24)(H,23,25). The lowest BCUT2D eigenvalue weighted by molar-refractivity contribution is 0.0996. The van der Waals surface area contributed by atoms with Gasteiger partial charge in [-0.2, -0.15) is 0 Å². The van der Waals surface area contributed by atoms with Crippen molar-refractivity contribution in [2.75, 3.05) is 11.9 Å². The number of carbonyl (C=O) groups excluding carboxylic acids is 2. The molecule has 2 amide bonds. The molecule has 0 aromatic heterocycles. The van der Waals surface area contributed by atoms with Gasteiger partial charge in [0.25, 0.3) is 5.91 Å². The Hall–Kier alpha value is -2.34. The summed E-state index contributed by atoms with van der Waals surface area (Å²) in [6, 6.07) is 11.7. The van der Waals surface area contributed by atoms with Gasteiger partial charge in [0.2, 0.25) is 5.91 Å². The van der Waals surface area contributed by atoms with Gasteiger partial charge >= 0.3 is 0 Å². The molecule has 0 aliphatic carbocycles. The monoisotopic (exact) mass is 418 g/mol. The third-order valence-electron chi connectivity index (χ3n) is 3.85. The second kappa shape index (κ2) is 9.97. The van der Waals surface area contributed by atoms with Gasteiger partial charge in [0.05, 0.1) is 11.1 Å². The molecule has 2 rings (SSSR count). The molecule has 138 valence electrons. The first kappa shape index (κ1) is 20.0. The van der Waals surface area contributed by atoms with Crippen LogP contribution in [0.1, 0.15) is 53.3 Å². The van der Waals surface area contributed by atoms with Crippen LogP contribution in [0, 0.1) is 0 Å². The molecule has 2 aromatic carbocycles. The van der Waals surface area contributed by atoms with E-state index < -0.39 is 5.91 Å². The van der Waals surface area contributed by atoms with Crippen molar-refractivity contribution in [2.24, 2.45) is 5.73 Å². The summed E-state index contributed by atoms with van der Waals surface area (Å²) >= 11 is 3.45. The molecule has 0 fully saturated rings. The Morgan fingerprint density at radius 1 is 1.08 bits per heavy atom. The summed E-state index contributed by atoms with van der Waals surface area (Å²) in [5, 5.41) is 2.76. The molecule has 3 N–H and O–H groups in total.